The van der Waals surface area contributed by atoms with E-state index in [2.05, 4.69) is 11.8 Å². The zero-order valence-electron chi connectivity index (χ0n) is 8.38. The number of phenolic OH excluding ortho intramolecular Hbond substituents is 1. The second kappa shape index (κ2) is 5.78. The molecule has 5 heteroatoms. The molecular formula is C11H8ClFO2S. The number of thioether (sulfide) groups is 1. The highest BCUT2D eigenvalue weighted by Gasteiger charge is 2.06. The maximum atomic E-state index is 12.9. The van der Waals surface area contributed by atoms with Crippen LogP contribution in [0.25, 0.3) is 0 Å². The van der Waals surface area contributed by atoms with Gasteiger partial charge in [-0.3, -0.25) is 4.79 Å². The average Bonchev–Trinajstić information content (AvgIpc) is 2.19. The van der Waals surface area contributed by atoms with E-state index < -0.39 is 5.82 Å². The Hall–Kier alpha value is -1.18. The van der Waals surface area contributed by atoms with Crippen molar-refractivity contribution < 1.29 is 14.3 Å². The van der Waals surface area contributed by atoms with Crippen molar-refractivity contribution in [3.05, 3.63) is 28.5 Å². The normalized spacial score (nSPS) is 9.44. The van der Waals surface area contributed by atoms with Crippen molar-refractivity contribution in [3.63, 3.8) is 0 Å². The molecule has 1 rings (SSSR count). The van der Waals surface area contributed by atoms with Gasteiger partial charge in [0.2, 0.25) is 0 Å². The highest BCUT2D eigenvalue weighted by Crippen LogP contribution is 2.27. The summed E-state index contributed by atoms with van der Waals surface area (Å²) in [7, 11) is 0. The first kappa shape index (κ1) is 12.9. The van der Waals surface area contributed by atoms with Crippen molar-refractivity contribution in [2.24, 2.45) is 0 Å². The zero-order chi connectivity index (χ0) is 12.1. The number of rotatable bonds is 1. The summed E-state index contributed by atoms with van der Waals surface area (Å²) in [5.41, 5.74) is 0.120. The smallest absolute Gasteiger partial charge is 0.186 e. The second-order valence-corrected chi connectivity index (χ2v) is 4.43. The van der Waals surface area contributed by atoms with Gasteiger partial charge in [-0.2, -0.15) is 0 Å². The summed E-state index contributed by atoms with van der Waals surface area (Å²) in [6, 6.07) is 2.10. The molecule has 0 aromatic heterocycles. The van der Waals surface area contributed by atoms with E-state index in [1.807, 2.05) is 0 Å². The Morgan fingerprint density at radius 2 is 2.31 bits per heavy atom. The van der Waals surface area contributed by atoms with Crippen molar-refractivity contribution in [2.75, 3.05) is 5.75 Å². The number of aromatic hydroxyl groups is 1. The molecule has 1 aromatic carbocycles. The Morgan fingerprint density at radius 1 is 1.62 bits per heavy atom. The predicted octanol–water partition coefficient (Wildman–Crippen LogP) is 2.82. The number of hydrogen-bond donors (Lipinski definition) is 1. The molecule has 84 valence electrons. The number of halogens is 2. The molecule has 0 saturated heterocycles. The average molecular weight is 259 g/mol. The molecule has 0 aliphatic heterocycles. The van der Waals surface area contributed by atoms with Gasteiger partial charge in [0.15, 0.2) is 5.12 Å². The minimum atomic E-state index is -0.564. The van der Waals surface area contributed by atoms with Crippen LogP contribution in [0.2, 0.25) is 5.02 Å². The third-order valence-electron chi connectivity index (χ3n) is 1.60. The second-order valence-electron chi connectivity index (χ2n) is 2.87. The predicted molar refractivity (Wildman–Crippen MR) is 63.1 cm³/mol. The Balaban J connectivity index is 2.84. The third kappa shape index (κ3) is 3.76. The van der Waals surface area contributed by atoms with E-state index >= 15 is 0 Å². The molecule has 0 heterocycles. The van der Waals surface area contributed by atoms with Crippen molar-refractivity contribution >= 4 is 28.5 Å². The van der Waals surface area contributed by atoms with Gasteiger partial charge in [-0.1, -0.05) is 35.2 Å². The maximum Gasteiger partial charge on any atom is 0.186 e. The molecule has 0 saturated carbocycles. The molecule has 0 fully saturated rings. The Bertz CT molecular complexity index is 477. The summed E-state index contributed by atoms with van der Waals surface area (Å²) in [4.78, 5) is 10.6. The first-order valence-electron chi connectivity index (χ1n) is 4.31. The van der Waals surface area contributed by atoms with E-state index in [4.69, 9.17) is 11.6 Å². The van der Waals surface area contributed by atoms with Gasteiger partial charge < -0.3 is 5.11 Å². The summed E-state index contributed by atoms with van der Waals surface area (Å²) < 4.78 is 12.9. The van der Waals surface area contributed by atoms with E-state index in [1.165, 1.54) is 6.92 Å². The van der Waals surface area contributed by atoms with Crippen molar-refractivity contribution in [3.8, 4) is 17.6 Å². The van der Waals surface area contributed by atoms with Crippen LogP contribution in [0.15, 0.2) is 12.1 Å². The summed E-state index contributed by atoms with van der Waals surface area (Å²) in [5, 5.41) is 9.33. The number of phenols is 1. The molecule has 1 aromatic rings. The quantitative estimate of drug-likeness (QED) is 0.787. The highest BCUT2D eigenvalue weighted by atomic mass is 35.5. The Morgan fingerprint density at radius 3 is 2.94 bits per heavy atom. The number of hydrogen-bond acceptors (Lipinski definition) is 3. The highest BCUT2D eigenvalue weighted by molar-refractivity contribution is 8.13. The van der Waals surface area contributed by atoms with Crippen LogP contribution in [-0.2, 0) is 4.79 Å². The maximum absolute atomic E-state index is 12.9. The molecule has 0 spiro atoms. The molecule has 0 radical (unpaired) electrons. The van der Waals surface area contributed by atoms with Crippen LogP contribution in [0.5, 0.6) is 5.75 Å². The monoisotopic (exact) mass is 258 g/mol. The van der Waals surface area contributed by atoms with Crippen LogP contribution in [0.4, 0.5) is 4.39 Å². The molecule has 0 bridgehead atoms. The molecule has 1 N–H and O–H groups in total. The van der Waals surface area contributed by atoms with Gasteiger partial charge in [0.25, 0.3) is 0 Å². The fraction of sp³-hybridized carbons (Fsp3) is 0.182. The molecule has 0 amide bonds. The summed E-state index contributed by atoms with van der Waals surface area (Å²) in [6.45, 7) is 1.43. The zero-order valence-corrected chi connectivity index (χ0v) is 9.95. The number of benzene rings is 1. The van der Waals surface area contributed by atoms with E-state index in [0.29, 0.717) is 5.75 Å². The van der Waals surface area contributed by atoms with Crippen LogP contribution in [0.1, 0.15) is 12.5 Å². The SMILES string of the molecule is CC(=O)SCC#Cc1cc(F)cc(Cl)c1O. The largest absolute Gasteiger partial charge is 0.505 e. The fourth-order valence-corrected chi connectivity index (χ4v) is 1.48. The van der Waals surface area contributed by atoms with Gasteiger partial charge in [0.05, 0.1) is 16.3 Å². The van der Waals surface area contributed by atoms with Crippen LogP contribution >= 0.6 is 23.4 Å². The summed E-state index contributed by atoms with van der Waals surface area (Å²) >= 11 is 6.61. The molecular weight excluding hydrogens is 251 g/mol. The summed E-state index contributed by atoms with van der Waals surface area (Å²) in [5.74, 6) is 4.67. The van der Waals surface area contributed by atoms with Crippen LogP contribution in [-0.4, -0.2) is 16.0 Å². The molecule has 16 heavy (non-hydrogen) atoms. The third-order valence-corrected chi connectivity index (χ3v) is 2.58. The van der Waals surface area contributed by atoms with Gasteiger partial charge in [-0.05, 0) is 12.1 Å². The number of carbonyl (C=O) groups is 1. The van der Waals surface area contributed by atoms with E-state index in [0.717, 1.165) is 23.9 Å². The van der Waals surface area contributed by atoms with Gasteiger partial charge in [-0.15, -0.1) is 0 Å². The van der Waals surface area contributed by atoms with Crippen LogP contribution < -0.4 is 0 Å². The lowest BCUT2D eigenvalue weighted by molar-refractivity contribution is -0.109. The van der Waals surface area contributed by atoms with Crippen LogP contribution in [0, 0.1) is 17.7 Å². The summed E-state index contributed by atoms with van der Waals surface area (Å²) in [6.07, 6.45) is 0. The molecule has 0 aliphatic rings. The van der Waals surface area contributed by atoms with Gasteiger partial charge in [0, 0.05) is 6.92 Å². The standard InChI is InChI=1S/C11H8ClFO2S/c1-7(14)16-4-2-3-8-5-9(13)6-10(12)11(8)15/h5-6,15H,4H2,1H3. The first-order chi connectivity index (χ1) is 7.50. The molecule has 0 unspecified atom stereocenters. The van der Waals surface area contributed by atoms with Crippen LogP contribution in [0.3, 0.4) is 0 Å². The molecule has 0 aliphatic carbocycles. The van der Waals surface area contributed by atoms with E-state index in [1.54, 1.807) is 0 Å². The lowest BCUT2D eigenvalue weighted by Crippen LogP contribution is -1.84. The van der Waals surface area contributed by atoms with Crippen molar-refractivity contribution in [2.45, 2.75) is 6.92 Å². The first-order valence-corrected chi connectivity index (χ1v) is 5.67. The lowest BCUT2D eigenvalue weighted by atomic mass is 10.2. The van der Waals surface area contributed by atoms with Gasteiger partial charge in [0.1, 0.15) is 11.6 Å². The Kier molecular flexibility index (Phi) is 4.66. The van der Waals surface area contributed by atoms with Gasteiger partial charge in [-0.25, -0.2) is 4.39 Å². The minimum Gasteiger partial charge on any atom is -0.505 e. The van der Waals surface area contributed by atoms with Gasteiger partial charge >= 0.3 is 0 Å². The molecule has 0 atom stereocenters. The Labute approximate surface area is 102 Å². The lowest BCUT2D eigenvalue weighted by Gasteiger charge is -1.99. The fourth-order valence-electron chi connectivity index (χ4n) is 0.930. The number of carbonyl (C=O) groups excluding carboxylic acids is 1. The molecule has 2 nitrogen and oxygen atoms in total. The van der Waals surface area contributed by atoms with Crippen molar-refractivity contribution in [1.82, 2.24) is 0 Å². The van der Waals surface area contributed by atoms with Crippen molar-refractivity contribution in [1.29, 1.82) is 0 Å². The van der Waals surface area contributed by atoms with E-state index in [9.17, 15) is 14.3 Å². The minimum absolute atomic E-state index is 0.0456. The van der Waals surface area contributed by atoms with E-state index in [-0.39, 0.29) is 21.5 Å². The topological polar surface area (TPSA) is 37.3 Å².